The highest BCUT2D eigenvalue weighted by Crippen LogP contribution is 2.28. The van der Waals surface area contributed by atoms with Crippen LogP contribution < -0.4 is 5.32 Å². The van der Waals surface area contributed by atoms with Crippen LogP contribution in [0.3, 0.4) is 0 Å². The third-order valence-corrected chi connectivity index (χ3v) is 6.56. The first-order chi connectivity index (χ1) is 14.1. The minimum Gasteiger partial charge on any atom is -0.349 e. The number of amides is 1. The van der Waals surface area contributed by atoms with Gasteiger partial charge in [-0.2, -0.15) is 0 Å². The van der Waals surface area contributed by atoms with Gasteiger partial charge in [0.15, 0.2) is 0 Å². The molecule has 5 nitrogen and oxygen atoms in total. The zero-order valence-corrected chi connectivity index (χ0v) is 18.0. The summed E-state index contributed by atoms with van der Waals surface area (Å²) in [6, 6.07) is 8.36. The quantitative estimate of drug-likeness (QED) is 0.781. The molecule has 1 aromatic carbocycles. The number of halogens is 1. The molecule has 0 saturated carbocycles. The maximum atomic E-state index is 13.0. The summed E-state index contributed by atoms with van der Waals surface area (Å²) in [7, 11) is 0. The molecule has 0 spiro atoms. The van der Waals surface area contributed by atoms with E-state index in [1.54, 1.807) is 0 Å². The van der Waals surface area contributed by atoms with Gasteiger partial charge < -0.3 is 9.88 Å². The largest absolute Gasteiger partial charge is 0.349 e. The third-order valence-electron chi connectivity index (χ3n) is 6.31. The molecule has 3 heterocycles. The second-order valence-electron chi connectivity index (χ2n) is 8.34. The number of rotatable bonds is 5. The van der Waals surface area contributed by atoms with Crippen LogP contribution in [0.1, 0.15) is 61.6 Å². The Kier molecular flexibility index (Phi) is 6.56. The highest BCUT2D eigenvalue weighted by Gasteiger charge is 2.24. The fraction of sp³-hybridized carbons (Fsp3) is 0.565. The van der Waals surface area contributed by atoms with Gasteiger partial charge in [0.1, 0.15) is 11.5 Å². The number of carbonyl (C=O) groups is 1. The van der Waals surface area contributed by atoms with E-state index < -0.39 is 0 Å². The van der Waals surface area contributed by atoms with Gasteiger partial charge in [-0.25, -0.2) is 4.98 Å². The fourth-order valence-electron chi connectivity index (χ4n) is 4.61. The van der Waals surface area contributed by atoms with Crippen LogP contribution in [0.4, 0.5) is 0 Å². The van der Waals surface area contributed by atoms with Gasteiger partial charge >= 0.3 is 0 Å². The Bertz CT molecular complexity index is 845. The molecule has 1 aromatic heterocycles. The maximum absolute atomic E-state index is 13.0. The molecule has 0 radical (unpaired) electrons. The molecule has 2 aliphatic rings. The minimum atomic E-state index is -0.0412. The summed E-state index contributed by atoms with van der Waals surface area (Å²) >= 11 is 6.06. The van der Waals surface area contributed by atoms with Crippen molar-refractivity contribution in [3.8, 4) is 11.4 Å². The molecule has 6 heteroatoms. The van der Waals surface area contributed by atoms with Crippen molar-refractivity contribution < 1.29 is 4.79 Å². The van der Waals surface area contributed by atoms with Crippen molar-refractivity contribution >= 4 is 17.5 Å². The molecule has 2 aromatic rings. The first kappa shape index (κ1) is 20.4. The average molecular weight is 415 g/mol. The van der Waals surface area contributed by atoms with E-state index in [1.807, 2.05) is 24.3 Å². The molecule has 1 atom stereocenters. The van der Waals surface area contributed by atoms with Crippen molar-refractivity contribution in [2.24, 2.45) is 0 Å². The summed E-state index contributed by atoms with van der Waals surface area (Å²) in [6.07, 6.45) is 8.17. The average Bonchev–Trinajstić information content (AvgIpc) is 2.91. The molecule has 4 rings (SSSR count). The first-order valence-electron chi connectivity index (χ1n) is 11.0. The second-order valence-corrected chi connectivity index (χ2v) is 8.77. The molecule has 0 bridgehead atoms. The van der Waals surface area contributed by atoms with Gasteiger partial charge in [-0.05, 0) is 69.8 Å². The Labute approximate surface area is 178 Å². The number of benzene rings is 1. The number of piperidine rings is 1. The number of hydrogen-bond acceptors (Lipinski definition) is 3. The van der Waals surface area contributed by atoms with E-state index in [2.05, 4.69) is 21.7 Å². The van der Waals surface area contributed by atoms with E-state index in [9.17, 15) is 4.79 Å². The van der Waals surface area contributed by atoms with Crippen LogP contribution in [0.2, 0.25) is 5.02 Å². The number of carbonyl (C=O) groups excluding carboxylic acids is 1. The van der Waals surface area contributed by atoms with E-state index in [1.165, 1.54) is 25.7 Å². The summed E-state index contributed by atoms with van der Waals surface area (Å²) in [5, 5.41) is 3.84. The van der Waals surface area contributed by atoms with E-state index >= 15 is 0 Å². The Morgan fingerprint density at radius 1 is 1.14 bits per heavy atom. The Balaban J connectivity index is 1.51. The topological polar surface area (TPSA) is 50.2 Å². The highest BCUT2D eigenvalue weighted by atomic mass is 35.5. The monoisotopic (exact) mass is 414 g/mol. The van der Waals surface area contributed by atoms with Gasteiger partial charge in [-0.1, -0.05) is 24.4 Å². The molecule has 1 saturated heterocycles. The van der Waals surface area contributed by atoms with Crippen LogP contribution in [0.15, 0.2) is 24.3 Å². The predicted octanol–water partition coefficient (Wildman–Crippen LogP) is 4.53. The molecule has 2 aliphatic heterocycles. The van der Waals surface area contributed by atoms with Crippen molar-refractivity contribution in [1.82, 2.24) is 19.8 Å². The van der Waals surface area contributed by atoms with E-state index in [0.29, 0.717) is 23.3 Å². The molecule has 0 unspecified atom stereocenters. The zero-order chi connectivity index (χ0) is 20.2. The number of fused-ring (bicyclic) bond motifs is 1. The molecule has 1 N–H and O–H groups in total. The number of likely N-dealkylation sites (tertiary alicyclic amines) is 1. The van der Waals surface area contributed by atoms with Crippen molar-refractivity contribution in [3.63, 3.8) is 0 Å². The molecular weight excluding hydrogens is 384 g/mol. The lowest BCUT2D eigenvalue weighted by molar-refractivity contribution is 0.0933. The molecule has 0 aliphatic carbocycles. The lowest BCUT2D eigenvalue weighted by atomic mass is 10.0. The zero-order valence-electron chi connectivity index (χ0n) is 17.3. The van der Waals surface area contributed by atoms with Gasteiger partial charge in [-0.3, -0.25) is 9.69 Å². The Morgan fingerprint density at radius 3 is 2.72 bits per heavy atom. The van der Waals surface area contributed by atoms with Gasteiger partial charge in [0.05, 0.1) is 5.69 Å². The normalized spacial score (nSPS) is 20.1. The van der Waals surface area contributed by atoms with Gasteiger partial charge in [-0.15, -0.1) is 0 Å². The van der Waals surface area contributed by atoms with Gasteiger partial charge in [0, 0.05) is 36.3 Å². The lowest BCUT2D eigenvalue weighted by Crippen LogP contribution is -2.42. The molecule has 29 heavy (non-hydrogen) atoms. The third kappa shape index (κ3) is 4.67. The van der Waals surface area contributed by atoms with Crippen LogP contribution in [-0.4, -0.2) is 46.0 Å². The van der Waals surface area contributed by atoms with Crippen molar-refractivity contribution in [1.29, 1.82) is 0 Å². The van der Waals surface area contributed by atoms with Gasteiger partial charge in [0.25, 0.3) is 5.91 Å². The van der Waals surface area contributed by atoms with Crippen LogP contribution in [0.5, 0.6) is 0 Å². The van der Waals surface area contributed by atoms with Gasteiger partial charge in [0.2, 0.25) is 0 Å². The van der Waals surface area contributed by atoms with Crippen molar-refractivity contribution in [3.05, 3.63) is 40.7 Å². The highest BCUT2D eigenvalue weighted by molar-refractivity contribution is 6.30. The summed E-state index contributed by atoms with van der Waals surface area (Å²) < 4.78 is 2.25. The van der Waals surface area contributed by atoms with E-state index in [-0.39, 0.29) is 5.91 Å². The fourth-order valence-corrected chi connectivity index (χ4v) is 4.73. The number of nitrogens with zero attached hydrogens (tertiary/aromatic N) is 3. The molecule has 156 valence electrons. The first-order valence-corrected chi connectivity index (χ1v) is 11.4. The second kappa shape index (κ2) is 9.31. The number of imidazole rings is 1. The van der Waals surface area contributed by atoms with Crippen LogP contribution in [0, 0.1) is 0 Å². The lowest BCUT2D eigenvalue weighted by Gasteiger charge is -2.33. The van der Waals surface area contributed by atoms with Crippen LogP contribution in [0.25, 0.3) is 11.4 Å². The van der Waals surface area contributed by atoms with E-state index in [4.69, 9.17) is 16.6 Å². The number of hydrogen-bond donors (Lipinski definition) is 1. The predicted molar refractivity (Wildman–Crippen MR) is 117 cm³/mol. The van der Waals surface area contributed by atoms with E-state index in [0.717, 1.165) is 56.0 Å². The molecular formula is C23H31ClN4O. The smallest absolute Gasteiger partial charge is 0.271 e. The van der Waals surface area contributed by atoms with Crippen LogP contribution in [-0.2, 0) is 13.0 Å². The Morgan fingerprint density at radius 2 is 1.93 bits per heavy atom. The SMILES string of the molecule is C[C@@H]1CCCCN1CCNC(=O)c1nc(-c2ccc(Cl)cc2)n2c1CCCCC2. The maximum Gasteiger partial charge on any atom is 0.271 e. The summed E-state index contributed by atoms with van der Waals surface area (Å²) in [5.74, 6) is 0.842. The Hall–Kier alpha value is -1.85. The van der Waals surface area contributed by atoms with Crippen molar-refractivity contribution in [2.45, 2.75) is 64.5 Å². The summed E-state index contributed by atoms with van der Waals surface area (Å²) in [5.41, 5.74) is 2.69. The van der Waals surface area contributed by atoms with Crippen LogP contribution >= 0.6 is 11.6 Å². The minimum absolute atomic E-state index is 0.0412. The molecule has 1 amide bonds. The standard InChI is InChI=1S/C23H31ClN4O/c1-17-7-4-6-14-27(17)16-13-25-23(29)21-20-8-3-2-5-15-28(20)22(26-21)18-9-11-19(24)12-10-18/h9-12,17H,2-8,13-16H2,1H3,(H,25,29)/t17-/m1/s1. The number of aromatic nitrogens is 2. The molecule has 1 fully saturated rings. The number of nitrogens with one attached hydrogen (secondary N) is 1. The van der Waals surface area contributed by atoms with Crippen molar-refractivity contribution in [2.75, 3.05) is 19.6 Å². The summed E-state index contributed by atoms with van der Waals surface area (Å²) in [6.45, 7) is 5.92. The summed E-state index contributed by atoms with van der Waals surface area (Å²) in [4.78, 5) is 20.3.